The molecule has 0 bridgehead atoms. The average molecular weight is 272 g/mol. The first-order valence-corrected chi connectivity index (χ1v) is 5.63. The van der Waals surface area contributed by atoms with Gasteiger partial charge in [0, 0.05) is 5.02 Å². The van der Waals surface area contributed by atoms with Crippen molar-refractivity contribution in [3.8, 4) is 6.07 Å². The molecule has 1 rings (SSSR count). The number of carbonyl (C=O) groups is 1. The smallest absolute Gasteiger partial charge is 0.240 e. The van der Waals surface area contributed by atoms with Gasteiger partial charge < -0.3 is 10.6 Å². The highest BCUT2D eigenvalue weighted by Crippen LogP contribution is 2.28. The minimum atomic E-state index is -0.278. The summed E-state index contributed by atoms with van der Waals surface area (Å²) in [5.74, 6) is -0.278. The van der Waals surface area contributed by atoms with Crippen LogP contribution in [0.4, 0.5) is 5.69 Å². The van der Waals surface area contributed by atoms with E-state index in [1.807, 2.05) is 13.0 Å². The summed E-state index contributed by atoms with van der Waals surface area (Å²) in [5.41, 5.74) is 1.46. The fraction of sp³-hybridized carbons (Fsp3) is 0.273. The number of hydrogen-bond acceptors (Lipinski definition) is 3. The lowest BCUT2D eigenvalue weighted by Crippen LogP contribution is -2.30. The fourth-order valence-electron chi connectivity index (χ4n) is 1.16. The summed E-state index contributed by atoms with van der Waals surface area (Å²) >= 11 is 11.9. The van der Waals surface area contributed by atoms with Gasteiger partial charge in [0.15, 0.2) is 0 Å². The minimum absolute atomic E-state index is 0.0110. The van der Waals surface area contributed by atoms with Gasteiger partial charge in [-0.15, -0.1) is 0 Å². The molecule has 17 heavy (non-hydrogen) atoms. The van der Waals surface area contributed by atoms with Crippen LogP contribution in [0.1, 0.15) is 5.56 Å². The third-order valence-electron chi connectivity index (χ3n) is 2.05. The standard InChI is InChI=1S/C11H11Cl2N3O/c1-7-4-9(13)10(5-8(7)12)16-6-11(17)15-3-2-14/h4-5,16H,3,6H2,1H3,(H,15,17). The van der Waals surface area contributed by atoms with Crippen LogP contribution in [0.25, 0.3) is 0 Å². The van der Waals surface area contributed by atoms with Crippen LogP contribution in [-0.2, 0) is 4.79 Å². The normalized spacial score (nSPS) is 9.53. The van der Waals surface area contributed by atoms with Gasteiger partial charge in [0.2, 0.25) is 5.91 Å². The van der Waals surface area contributed by atoms with Crippen LogP contribution in [-0.4, -0.2) is 19.0 Å². The predicted octanol–water partition coefficient (Wildman–Crippen LogP) is 2.35. The van der Waals surface area contributed by atoms with Gasteiger partial charge in [-0.2, -0.15) is 5.26 Å². The highest BCUT2D eigenvalue weighted by atomic mass is 35.5. The zero-order valence-corrected chi connectivity index (χ0v) is 10.7. The van der Waals surface area contributed by atoms with Crippen LogP contribution in [0, 0.1) is 18.3 Å². The first-order chi connectivity index (χ1) is 8.04. The molecule has 90 valence electrons. The molecule has 0 aromatic heterocycles. The van der Waals surface area contributed by atoms with Gasteiger partial charge in [-0.1, -0.05) is 23.2 Å². The monoisotopic (exact) mass is 271 g/mol. The summed E-state index contributed by atoms with van der Waals surface area (Å²) in [4.78, 5) is 11.2. The summed E-state index contributed by atoms with van der Waals surface area (Å²) in [7, 11) is 0. The maximum Gasteiger partial charge on any atom is 0.240 e. The highest BCUT2D eigenvalue weighted by molar-refractivity contribution is 6.35. The Kier molecular flexibility index (Phi) is 5.08. The van der Waals surface area contributed by atoms with Gasteiger partial charge >= 0.3 is 0 Å². The molecule has 1 aromatic carbocycles. The van der Waals surface area contributed by atoms with Gasteiger partial charge in [-0.3, -0.25) is 4.79 Å². The Morgan fingerprint density at radius 3 is 2.76 bits per heavy atom. The molecular formula is C11H11Cl2N3O. The van der Waals surface area contributed by atoms with Crippen molar-refractivity contribution in [1.82, 2.24) is 5.32 Å². The van der Waals surface area contributed by atoms with Crippen molar-refractivity contribution in [2.45, 2.75) is 6.92 Å². The second kappa shape index (κ2) is 6.33. The van der Waals surface area contributed by atoms with Crippen LogP contribution < -0.4 is 10.6 Å². The Morgan fingerprint density at radius 2 is 2.12 bits per heavy atom. The molecule has 6 heteroatoms. The third kappa shape index (κ3) is 4.14. The second-order valence-corrected chi connectivity index (χ2v) is 4.18. The lowest BCUT2D eigenvalue weighted by Gasteiger charge is -2.09. The lowest BCUT2D eigenvalue weighted by molar-refractivity contribution is -0.119. The Labute approximate surface area is 110 Å². The van der Waals surface area contributed by atoms with Crippen LogP contribution in [0.3, 0.4) is 0 Å². The maximum absolute atomic E-state index is 11.2. The molecule has 0 heterocycles. The largest absolute Gasteiger partial charge is 0.375 e. The molecule has 0 radical (unpaired) electrons. The number of amides is 1. The van der Waals surface area contributed by atoms with E-state index >= 15 is 0 Å². The zero-order valence-electron chi connectivity index (χ0n) is 9.18. The summed E-state index contributed by atoms with van der Waals surface area (Å²) in [5, 5.41) is 14.6. The van der Waals surface area contributed by atoms with Crippen LogP contribution >= 0.6 is 23.2 Å². The minimum Gasteiger partial charge on any atom is -0.375 e. The van der Waals surface area contributed by atoms with Crippen molar-refractivity contribution in [2.24, 2.45) is 0 Å². The van der Waals surface area contributed by atoms with Crippen molar-refractivity contribution < 1.29 is 4.79 Å². The highest BCUT2D eigenvalue weighted by Gasteiger charge is 2.06. The SMILES string of the molecule is Cc1cc(Cl)c(NCC(=O)NCC#N)cc1Cl. The molecule has 0 atom stereocenters. The van der Waals surface area contributed by atoms with E-state index in [2.05, 4.69) is 10.6 Å². The molecule has 0 aliphatic heterocycles. The quantitative estimate of drug-likeness (QED) is 0.827. The molecule has 4 nitrogen and oxygen atoms in total. The molecule has 0 unspecified atom stereocenters. The van der Waals surface area contributed by atoms with Gasteiger partial charge in [0.1, 0.15) is 6.54 Å². The number of nitrogens with one attached hydrogen (secondary N) is 2. The van der Waals surface area contributed by atoms with Crippen molar-refractivity contribution >= 4 is 34.8 Å². The molecule has 0 saturated heterocycles. The molecular weight excluding hydrogens is 261 g/mol. The van der Waals surface area contributed by atoms with Crippen molar-refractivity contribution in [2.75, 3.05) is 18.4 Å². The fourth-order valence-corrected chi connectivity index (χ4v) is 1.61. The van der Waals surface area contributed by atoms with E-state index in [1.54, 1.807) is 12.1 Å². The van der Waals surface area contributed by atoms with E-state index < -0.39 is 0 Å². The lowest BCUT2D eigenvalue weighted by atomic mass is 10.2. The number of anilines is 1. The number of nitrogens with zero attached hydrogens (tertiary/aromatic N) is 1. The number of rotatable bonds is 4. The first kappa shape index (κ1) is 13.6. The zero-order chi connectivity index (χ0) is 12.8. The number of carbonyl (C=O) groups excluding carboxylic acids is 1. The number of hydrogen-bond donors (Lipinski definition) is 2. The number of aryl methyl sites for hydroxylation is 1. The number of nitriles is 1. The van der Waals surface area contributed by atoms with Gasteiger partial charge in [0.05, 0.1) is 23.3 Å². The van der Waals surface area contributed by atoms with Crippen molar-refractivity contribution in [3.63, 3.8) is 0 Å². The van der Waals surface area contributed by atoms with E-state index in [1.165, 1.54) is 0 Å². The Hall–Kier alpha value is -1.44. The third-order valence-corrected chi connectivity index (χ3v) is 2.77. The first-order valence-electron chi connectivity index (χ1n) is 4.87. The molecule has 1 amide bonds. The topological polar surface area (TPSA) is 64.9 Å². The Morgan fingerprint density at radius 1 is 1.41 bits per heavy atom. The molecule has 0 spiro atoms. The van der Waals surface area contributed by atoms with Crippen LogP contribution in [0.2, 0.25) is 10.0 Å². The molecule has 2 N–H and O–H groups in total. The summed E-state index contributed by atoms with van der Waals surface area (Å²) in [6.07, 6.45) is 0. The van der Waals surface area contributed by atoms with Gasteiger partial charge in [0.25, 0.3) is 0 Å². The molecule has 0 saturated carbocycles. The van der Waals surface area contributed by atoms with E-state index in [-0.39, 0.29) is 19.0 Å². The van der Waals surface area contributed by atoms with Crippen LogP contribution in [0.5, 0.6) is 0 Å². The Bertz CT molecular complexity index is 469. The van der Waals surface area contributed by atoms with Gasteiger partial charge in [-0.05, 0) is 24.6 Å². The van der Waals surface area contributed by atoms with E-state index in [9.17, 15) is 4.79 Å². The number of benzene rings is 1. The van der Waals surface area contributed by atoms with E-state index in [0.29, 0.717) is 15.7 Å². The number of halogens is 2. The predicted molar refractivity (Wildman–Crippen MR) is 68.3 cm³/mol. The van der Waals surface area contributed by atoms with Crippen molar-refractivity contribution in [1.29, 1.82) is 5.26 Å². The van der Waals surface area contributed by atoms with Crippen molar-refractivity contribution in [3.05, 3.63) is 27.7 Å². The summed E-state index contributed by atoms with van der Waals surface area (Å²) in [6, 6.07) is 5.20. The van der Waals surface area contributed by atoms with Crippen LogP contribution in [0.15, 0.2) is 12.1 Å². The summed E-state index contributed by atoms with van der Waals surface area (Å²) < 4.78 is 0. The molecule has 1 aromatic rings. The summed E-state index contributed by atoms with van der Waals surface area (Å²) in [6.45, 7) is 1.88. The maximum atomic E-state index is 11.2. The van der Waals surface area contributed by atoms with Gasteiger partial charge in [-0.25, -0.2) is 0 Å². The second-order valence-electron chi connectivity index (χ2n) is 3.37. The molecule has 0 aliphatic carbocycles. The average Bonchev–Trinajstić information content (AvgIpc) is 2.29. The molecule has 0 aliphatic rings. The van der Waals surface area contributed by atoms with E-state index in [0.717, 1.165) is 5.56 Å². The molecule has 0 fully saturated rings. The Balaban J connectivity index is 2.61. The van der Waals surface area contributed by atoms with E-state index in [4.69, 9.17) is 28.5 Å².